The summed E-state index contributed by atoms with van der Waals surface area (Å²) in [4.78, 5) is 4.93. The first-order valence-corrected chi connectivity index (χ1v) is 12.3. The highest BCUT2D eigenvalue weighted by molar-refractivity contribution is 5.87. The number of rotatable bonds is 2. The SMILES string of the molecule is CC1(C)c2ccccc2-c2cccc(-c3cc(C4C5CC6CC(C5)CC4C6)ccn3)c21. The molecule has 1 aromatic heterocycles. The minimum absolute atomic E-state index is 0.00281. The number of nitrogens with zero attached hydrogens (tertiary/aromatic N) is 1. The van der Waals surface area contributed by atoms with E-state index in [2.05, 4.69) is 74.6 Å². The van der Waals surface area contributed by atoms with E-state index in [0.717, 1.165) is 29.6 Å². The van der Waals surface area contributed by atoms with E-state index >= 15 is 0 Å². The van der Waals surface area contributed by atoms with Crippen LogP contribution in [0.4, 0.5) is 0 Å². The number of benzene rings is 2. The molecule has 0 spiro atoms. The van der Waals surface area contributed by atoms with E-state index in [9.17, 15) is 0 Å². The van der Waals surface area contributed by atoms with Crippen LogP contribution in [0.5, 0.6) is 0 Å². The molecule has 0 N–H and O–H groups in total. The zero-order chi connectivity index (χ0) is 20.7. The molecule has 5 aliphatic rings. The van der Waals surface area contributed by atoms with Gasteiger partial charge in [0.2, 0.25) is 0 Å². The van der Waals surface area contributed by atoms with Gasteiger partial charge < -0.3 is 0 Å². The van der Waals surface area contributed by atoms with Crippen LogP contribution < -0.4 is 0 Å². The van der Waals surface area contributed by atoms with Crippen LogP contribution in [-0.2, 0) is 5.41 Å². The second-order valence-electron chi connectivity index (χ2n) is 11.3. The number of fused-ring (bicyclic) bond motifs is 3. The third-order valence-corrected chi connectivity index (χ3v) is 9.25. The van der Waals surface area contributed by atoms with Gasteiger partial charge in [-0.2, -0.15) is 0 Å². The monoisotopic (exact) mass is 405 g/mol. The fourth-order valence-corrected chi connectivity index (χ4v) is 8.33. The Kier molecular flexibility index (Phi) is 3.70. The van der Waals surface area contributed by atoms with Crippen LogP contribution >= 0.6 is 0 Å². The lowest BCUT2D eigenvalue weighted by atomic mass is 9.51. The largest absolute Gasteiger partial charge is 0.256 e. The Labute approximate surface area is 185 Å². The summed E-state index contributed by atoms with van der Waals surface area (Å²) in [7, 11) is 0. The lowest BCUT2D eigenvalue weighted by Gasteiger charge is -2.54. The molecule has 1 nitrogen and oxygen atoms in total. The molecule has 8 rings (SSSR count). The van der Waals surface area contributed by atoms with Crippen LogP contribution in [0.1, 0.15) is 68.6 Å². The van der Waals surface area contributed by atoms with Crippen molar-refractivity contribution in [2.24, 2.45) is 23.7 Å². The van der Waals surface area contributed by atoms with Gasteiger partial charge in [-0.05, 0) is 102 Å². The summed E-state index contributed by atoms with van der Waals surface area (Å²) < 4.78 is 0. The zero-order valence-corrected chi connectivity index (χ0v) is 18.6. The average Bonchev–Trinajstić information content (AvgIpc) is 3.01. The number of hydrogen-bond acceptors (Lipinski definition) is 1. The summed E-state index contributed by atoms with van der Waals surface area (Å²) in [6.07, 6.45) is 9.49. The van der Waals surface area contributed by atoms with E-state index < -0.39 is 0 Å². The second-order valence-corrected chi connectivity index (χ2v) is 11.3. The molecule has 0 unspecified atom stereocenters. The van der Waals surface area contributed by atoms with Gasteiger partial charge in [0.05, 0.1) is 5.69 Å². The minimum atomic E-state index is 0.00281. The first-order chi connectivity index (χ1) is 15.1. The van der Waals surface area contributed by atoms with Gasteiger partial charge >= 0.3 is 0 Å². The molecule has 0 radical (unpaired) electrons. The first kappa shape index (κ1) is 18.2. The van der Waals surface area contributed by atoms with Crippen molar-refractivity contribution in [2.75, 3.05) is 0 Å². The molecule has 0 amide bonds. The van der Waals surface area contributed by atoms with Crippen LogP contribution in [0, 0.1) is 23.7 Å². The average molecular weight is 406 g/mol. The summed E-state index contributed by atoms with van der Waals surface area (Å²) in [5, 5.41) is 0. The molecule has 31 heavy (non-hydrogen) atoms. The van der Waals surface area contributed by atoms with Crippen LogP contribution in [-0.4, -0.2) is 4.98 Å². The van der Waals surface area contributed by atoms with Crippen molar-refractivity contribution < 1.29 is 0 Å². The fraction of sp³-hybridized carbons (Fsp3) is 0.433. The Morgan fingerprint density at radius 3 is 2.19 bits per heavy atom. The number of pyridine rings is 1. The summed E-state index contributed by atoms with van der Waals surface area (Å²) in [6, 6.07) is 20.6. The van der Waals surface area contributed by atoms with E-state index in [0.29, 0.717) is 0 Å². The smallest absolute Gasteiger partial charge is 0.0708 e. The lowest BCUT2D eigenvalue weighted by molar-refractivity contribution is -0.00278. The number of hydrogen-bond donors (Lipinski definition) is 0. The van der Waals surface area contributed by atoms with Gasteiger partial charge in [-0.1, -0.05) is 56.3 Å². The lowest BCUT2D eigenvalue weighted by Crippen LogP contribution is -2.43. The second kappa shape index (κ2) is 6.31. The highest BCUT2D eigenvalue weighted by Gasteiger charge is 2.48. The summed E-state index contributed by atoms with van der Waals surface area (Å²) in [6.45, 7) is 4.76. The predicted molar refractivity (Wildman–Crippen MR) is 127 cm³/mol. The molecule has 4 bridgehead atoms. The Bertz CT molecular complexity index is 1160. The van der Waals surface area contributed by atoms with Gasteiger partial charge in [0.1, 0.15) is 0 Å². The third-order valence-electron chi connectivity index (χ3n) is 9.25. The van der Waals surface area contributed by atoms with E-state index in [4.69, 9.17) is 4.98 Å². The highest BCUT2D eigenvalue weighted by atomic mass is 14.7. The first-order valence-electron chi connectivity index (χ1n) is 12.3. The number of aromatic nitrogens is 1. The van der Waals surface area contributed by atoms with E-state index in [1.165, 1.54) is 65.6 Å². The molecule has 5 aliphatic carbocycles. The Morgan fingerprint density at radius 1 is 0.742 bits per heavy atom. The molecular weight excluding hydrogens is 374 g/mol. The van der Waals surface area contributed by atoms with Gasteiger partial charge in [0.15, 0.2) is 0 Å². The van der Waals surface area contributed by atoms with E-state index in [1.54, 1.807) is 5.56 Å². The van der Waals surface area contributed by atoms with Crippen molar-refractivity contribution in [1.82, 2.24) is 4.98 Å². The van der Waals surface area contributed by atoms with Crippen molar-refractivity contribution in [3.05, 3.63) is 77.5 Å². The van der Waals surface area contributed by atoms with Gasteiger partial charge in [0.25, 0.3) is 0 Å². The maximum Gasteiger partial charge on any atom is 0.0708 e. The van der Waals surface area contributed by atoms with Crippen molar-refractivity contribution in [2.45, 2.75) is 57.3 Å². The van der Waals surface area contributed by atoms with Crippen molar-refractivity contribution in [1.29, 1.82) is 0 Å². The quantitative estimate of drug-likeness (QED) is 0.428. The molecule has 4 saturated carbocycles. The maximum absolute atomic E-state index is 4.93. The molecule has 1 heterocycles. The van der Waals surface area contributed by atoms with Gasteiger partial charge in [-0.25, -0.2) is 0 Å². The van der Waals surface area contributed by atoms with Gasteiger partial charge in [0, 0.05) is 17.2 Å². The molecule has 0 atom stereocenters. The fourth-order valence-electron chi connectivity index (χ4n) is 8.33. The standard InChI is InChI=1S/C30H31N/c1-30(2)26-9-4-3-6-23(26)24-7-5-8-25(29(24)30)27-17-20(10-11-31-27)28-21-13-18-12-19(15-21)16-22(28)14-18/h3-11,17-19,21-22,28H,12-16H2,1-2H3. The maximum atomic E-state index is 4.93. The highest BCUT2D eigenvalue weighted by Crippen LogP contribution is 2.60. The molecule has 3 aromatic rings. The summed E-state index contributed by atoms with van der Waals surface area (Å²) in [5.74, 6) is 4.63. The van der Waals surface area contributed by atoms with Gasteiger partial charge in [-0.15, -0.1) is 0 Å². The minimum Gasteiger partial charge on any atom is -0.256 e. The third kappa shape index (κ3) is 2.52. The van der Waals surface area contributed by atoms with Gasteiger partial charge in [-0.3, -0.25) is 4.98 Å². The van der Waals surface area contributed by atoms with Crippen LogP contribution in [0.25, 0.3) is 22.4 Å². The van der Waals surface area contributed by atoms with Crippen molar-refractivity contribution in [3.63, 3.8) is 0 Å². The Hall–Kier alpha value is -2.41. The molecule has 2 aromatic carbocycles. The van der Waals surface area contributed by atoms with Crippen molar-refractivity contribution >= 4 is 0 Å². The Morgan fingerprint density at radius 2 is 1.42 bits per heavy atom. The topological polar surface area (TPSA) is 12.9 Å². The summed E-state index contributed by atoms with van der Waals surface area (Å²) in [5.41, 5.74) is 9.73. The zero-order valence-electron chi connectivity index (χ0n) is 18.6. The van der Waals surface area contributed by atoms with Crippen molar-refractivity contribution in [3.8, 4) is 22.4 Å². The Balaban J connectivity index is 1.34. The molecule has 1 heteroatoms. The molecular formula is C30H31N. The van der Waals surface area contributed by atoms with Crippen LogP contribution in [0.3, 0.4) is 0 Å². The molecule has 156 valence electrons. The molecule has 4 fully saturated rings. The molecule has 0 aliphatic heterocycles. The van der Waals surface area contributed by atoms with Crippen LogP contribution in [0.15, 0.2) is 60.8 Å². The summed E-state index contributed by atoms with van der Waals surface area (Å²) >= 11 is 0. The normalized spacial score (nSPS) is 31.5. The predicted octanol–water partition coefficient (Wildman–Crippen LogP) is 7.59. The van der Waals surface area contributed by atoms with Crippen LogP contribution in [0.2, 0.25) is 0 Å². The van der Waals surface area contributed by atoms with E-state index in [1.807, 2.05) is 0 Å². The van der Waals surface area contributed by atoms with E-state index in [-0.39, 0.29) is 5.41 Å². The molecule has 0 saturated heterocycles.